The van der Waals surface area contributed by atoms with Gasteiger partial charge in [0.2, 0.25) is 5.82 Å². The average Bonchev–Trinajstić information content (AvgIpc) is 2.48. The van der Waals surface area contributed by atoms with Gasteiger partial charge in [0, 0.05) is 0 Å². The molecule has 0 radical (unpaired) electrons. The third-order valence-corrected chi connectivity index (χ3v) is 3.37. The highest BCUT2D eigenvalue weighted by Gasteiger charge is 2.12. The van der Waals surface area contributed by atoms with Crippen molar-refractivity contribution < 1.29 is 13.5 Å². The Balaban J connectivity index is 2.01. The molecule has 112 valence electrons. The van der Waals surface area contributed by atoms with Gasteiger partial charge >= 0.3 is 0 Å². The normalized spacial score (nSPS) is 12.5. The first-order chi connectivity index (χ1) is 9.99. The van der Waals surface area contributed by atoms with Crippen molar-refractivity contribution in [1.82, 2.24) is 0 Å². The molecule has 0 aliphatic rings. The largest absolute Gasteiger partial charge is 0.488 e. The van der Waals surface area contributed by atoms with E-state index in [0.717, 1.165) is 11.6 Å². The highest BCUT2D eigenvalue weighted by Crippen LogP contribution is 2.22. The van der Waals surface area contributed by atoms with Gasteiger partial charge in [-0.3, -0.25) is 0 Å². The van der Waals surface area contributed by atoms with Crippen LogP contribution in [0.1, 0.15) is 36.9 Å². The predicted octanol–water partition coefficient (Wildman–Crippen LogP) is 4.17. The summed E-state index contributed by atoms with van der Waals surface area (Å²) >= 11 is 0. The van der Waals surface area contributed by atoms with Crippen molar-refractivity contribution in [3.05, 3.63) is 65.2 Å². The fraction of sp³-hybridized carbons (Fsp3) is 0.294. The zero-order valence-corrected chi connectivity index (χ0v) is 12.1. The first-order valence-corrected chi connectivity index (χ1v) is 6.91. The molecule has 0 fully saturated rings. The Labute approximate surface area is 123 Å². The first-order valence-electron chi connectivity index (χ1n) is 6.91. The van der Waals surface area contributed by atoms with E-state index >= 15 is 0 Å². The van der Waals surface area contributed by atoms with Crippen LogP contribution in [0.3, 0.4) is 0 Å². The minimum atomic E-state index is -0.986. The molecular weight excluding hydrogens is 272 g/mol. The highest BCUT2D eigenvalue weighted by atomic mass is 19.2. The smallest absolute Gasteiger partial charge is 0.200 e. The number of halogens is 2. The van der Waals surface area contributed by atoms with Crippen LogP contribution >= 0.6 is 0 Å². The van der Waals surface area contributed by atoms with Crippen molar-refractivity contribution in [3.8, 4) is 5.75 Å². The van der Waals surface area contributed by atoms with Crippen molar-refractivity contribution >= 4 is 0 Å². The van der Waals surface area contributed by atoms with E-state index in [1.54, 1.807) is 0 Å². The lowest BCUT2D eigenvalue weighted by Gasteiger charge is -2.15. The number of hydrogen-bond acceptors (Lipinski definition) is 2. The van der Waals surface area contributed by atoms with E-state index in [0.29, 0.717) is 5.92 Å². The van der Waals surface area contributed by atoms with E-state index in [1.165, 1.54) is 17.7 Å². The van der Waals surface area contributed by atoms with Gasteiger partial charge in [0.25, 0.3) is 0 Å². The molecule has 21 heavy (non-hydrogen) atoms. The second-order valence-electron chi connectivity index (χ2n) is 5.29. The van der Waals surface area contributed by atoms with Gasteiger partial charge in [0.05, 0.1) is 6.04 Å². The van der Waals surface area contributed by atoms with Crippen LogP contribution < -0.4 is 10.5 Å². The molecule has 0 spiro atoms. The van der Waals surface area contributed by atoms with Crippen molar-refractivity contribution in [2.75, 3.05) is 6.61 Å². The summed E-state index contributed by atoms with van der Waals surface area (Å²) in [6.07, 6.45) is 0. The molecule has 0 amide bonds. The van der Waals surface area contributed by atoms with Crippen LogP contribution in [-0.2, 0) is 0 Å². The number of nitrogens with two attached hydrogens (primary N) is 1. The van der Waals surface area contributed by atoms with Crippen LogP contribution in [0, 0.1) is 11.6 Å². The summed E-state index contributed by atoms with van der Waals surface area (Å²) in [5, 5.41) is 0. The second kappa shape index (κ2) is 6.68. The van der Waals surface area contributed by atoms with E-state index in [4.69, 9.17) is 10.5 Å². The Hall–Kier alpha value is -1.94. The number of hydrogen-bond donors (Lipinski definition) is 1. The van der Waals surface area contributed by atoms with E-state index in [2.05, 4.69) is 13.8 Å². The molecule has 1 unspecified atom stereocenters. The summed E-state index contributed by atoms with van der Waals surface area (Å²) in [4.78, 5) is 0. The lowest BCUT2D eigenvalue weighted by Crippen LogP contribution is -2.19. The summed E-state index contributed by atoms with van der Waals surface area (Å²) < 4.78 is 31.8. The minimum Gasteiger partial charge on any atom is -0.488 e. The zero-order chi connectivity index (χ0) is 15.4. The molecule has 0 aromatic heterocycles. The Morgan fingerprint density at radius 1 is 1.00 bits per heavy atom. The van der Waals surface area contributed by atoms with Crippen molar-refractivity contribution in [2.24, 2.45) is 5.73 Å². The second-order valence-corrected chi connectivity index (χ2v) is 5.29. The molecule has 2 aromatic rings. The minimum absolute atomic E-state index is 0.0847. The topological polar surface area (TPSA) is 35.2 Å². The van der Waals surface area contributed by atoms with Gasteiger partial charge in [0.1, 0.15) is 6.61 Å². The molecule has 2 rings (SSSR count). The molecule has 2 nitrogen and oxygen atoms in total. The highest BCUT2D eigenvalue weighted by molar-refractivity contribution is 5.28. The van der Waals surface area contributed by atoms with Gasteiger partial charge in [-0.15, -0.1) is 0 Å². The van der Waals surface area contributed by atoms with Gasteiger partial charge < -0.3 is 10.5 Å². The maximum atomic E-state index is 13.5. The molecule has 4 heteroatoms. The van der Waals surface area contributed by atoms with Crippen molar-refractivity contribution in [1.29, 1.82) is 0 Å². The molecule has 0 heterocycles. The number of benzene rings is 2. The van der Waals surface area contributed by atoms with Gasteiger partial charge in [-0.25, -0.2) is 4.39 Å². The van der Waals surface area contributed by atoms with Gasteiger partial charge in [-0.1, -0.05) is 44.2 Å². The first kappa shape index (κ1) is 15.4. The molecule has 0 aliphatic carbocycles. The molecule has 1 atom stereocenters. The molecule has 0 saturated carbocycles. The molecule has 0 aliphatic heterocycles. The summed E-state index contributed by atoms with van der Waals surface area (Å²) in [6.45, 7) is 4.32. The average molecular weight is 291 g/mol. The van der Waals surface area contributed by atoms with Gasteiger partial charge in [-0.2, -0.15) is 4.39 Å². The Morgan fingerprint density at radius 3 is 2.24 bits per heavy atom. The van der Waals surface area contributed by atoms with Crippen molar-refractivity contribution in [2.45, 2.75) is 25.8 Å². The van der Waals surface area contributed by atoms with Crippen LogP contribution in [0.15, 0.2) is 42.5 Å². The quantitative estimate of drug-likeness (QED) is 0.897. The monoisotopic (exact) mass is 291 g/mol. The molecular formula is C17H19F2NO. The number of rotatable bonds is 5. The summed E-state index contributed by atoms with van der Waals surface area (Å²) in [5.74, 6) is -1.58. The fourth-order valence-corrected chi connectivity index (χ4v) is 2.00. The lowest BCUT2D eigenvalue weighted by molar-refractivity contribution is 0.272. The maximum absolute atomic E-state index is 13.5. The third kappa shape index (κ3) is 3.79. The summed E-state index contributed by atoms with van der Waals surface area (Å²) in [7, 11) is 0. The van der Waals surface area contributed by atoms with E-state index in [9.17, 15) is 8.78 Å². The van der Waals surface area contributed by atoms with Crippen LogP contribution in [0.2, 0.25) is 0 Å². The van der Waals surface area contributed by atoms with Crippen molar-refractivity contribution in [3.63, 3.8) is 0 Å². The van der Waals surface area contributed by atoms with Crippen LogP contribution in [0.5, 0.6) is 5.75 Å². The molecule has 2 aromatic carbocycles. The number of ether oxygens (including phenoxy) is 1. The summed E-state index contributed by atoms with van der Waals surface area (Å²) in [6, 6.07) is 11.3. The van der Waals surface area contributed by atoms with Crippen LogP contribution in [-0.4, -0.2) is 6.61 Å². The maximum Gasteiger partial charge on any atom is 0.200 e. The van der Waals surface area contributed by atoms with E-state index in [-0.39, 0.29) is 12.4 Å². The van der Waals surface area contributed by atoms with E-state index in [1.807, 2.05) is 24.3 Å². The zero-order valence-electron chi connectivity index (χ0n) is 12.1. The Bertz CT molecular complexity index is 596. The molecule has 0 bridgehead atoms. The SMILES string of the molecule is CC(C)c1ccc(C(N)COc2cccc(F)c2F)cc1. The predicted molar refractivity (Wildman–Crippen MR) is 79.3 cm³/mol. The van der Waals surface area contributed by atoms with E-state index < -0.39 is 17.7 Å². The lowest BCUT2D eigenvalue weighted by atomic mass is 10.00. The Morgan fingerprint density at radius 2 is 1.62 bits per heavy atom. The standard InChI is InChI=1S/C17H19F2NO/c1-11(2)12-6-8-13(9-7-12)15(20)10-21-16-5-3-4-14(18)17(16)19/h3-9,11,15H,10,20H2,1-2H3. The van der Waals surface area contributed by atoms with Gasteiger partial charge in [-0.05, 0) is 29.2 Å². The molecule has 0 saturated heterocycles. The fourth-order valence-electron chi connectivity index (χ4n) is 2.00. The van der Waals surface area contributed by atoms with Gasteiger partial charge in [0.15, 0.2) is 11.6 Å². The summed E-state index contributed by atoms with van der Waals surface area (Å²) in [5.41, 5.74) is 8.14. The van der Waals surface area contributed by atoms with Crippen LogP contribution in [0.4, 0.5) is 8.78 Å². The Kier molecular flexibility index (Phi) is 4.91. The molecule has 2 N–H and O–H groups in total. The van der Waals surface area contributed by atoms with Crippen LogP contribution in [0.25, 0.3) is 0 Å². The third-order valence-electron chi connectivity index (χ3n) is 3.37.